The highest BCUT2D eigenvalue weighted by Crippen LogP contribution is 2.20. The molecule has 0 aliphatic rings. The minimum atomic E-state index is -1.52. The van der Waals surface area contributed by atoms with Gasteiger partial charge >= 0.3 is 0 Å². The highest BCUT2D eigenvalue weighted by molar-refractivity contribution is 5.21. The molecule has 1 atom stereocenters. The summed E-state index contributed by atoms with van der Waals surface area (Å²) >= 11 is 0. The van der Waals surface area contributed by atoms with Crippen LogP contribution in [-0.2, 0) is 0 Å². The molecule has 1 aromatic heterocycles. The van der Waals surface area contributed by atoms with Crippen molar-refractivity contribution in [1.29, 1.82) is 0 Å². The van der Waals surface area contributed by atoms with Crippen LogP contribution in [0.15, 0.2) is 54.7 Å². The van der Waals surface area contributed by atoms with Crippen molar-refractivity contribution in [2.24, 2.45) is 0 Å². The third-order valence-electron chi connectivity index (χ3n) is 1.90. The molecular formula is C12H10FNO. The fourth-order valence-electron chi connectivity index (χ4n) is 1.19. The van der Waals surface area contributed by atoms with Crippen LogP contribution in [-0.4, -0.2) is 4.98 Å². The summed E-state index contributed by atoms with van der Waals surface area (Å²) in [5.74, 6) is 0.496. The maximum absolute atomic E-state index is 13.5. The van der Waals surface area contributed by atoms with Gasteiger partial charge in [0.2, 0.25) is 0 Å². The molecule has 1 heterocycles. The Hall–Kier alpha value is -1.90. The average Bonchev–Trinajstić information content (AvgIpc) is 2.31. The lowest BCUT2D eigenvalue weighted by Crippen LogP contribution is -2.03. The Morgan fingerprint density at radius 2 is 1.73 bits per heavy atom. The van der Waals surface area contributed by atoms with Gasteiger partial charge in [0.05, 0.1) is 0 Å². The van der Waals surface area contributed by atoms with Gasteiger partial charge in [-0.05, 0) is 24.3 Å². The molecule has 0 fully saturated rings. The van der Waals surface area contributed by atoms with Gasteiger partial charge in [-0.15, -0.1) is 0 Å². The van der Waals surface area contributed by atoms with E-state index in [0.29, 0.717) is 5.75 Å². The van der Waals surface area contributed by atoms with Crippen LogP contribution in [0.5, 0.6) is 5.75 Å². The zero-order chi connectivity index (χ0) is 10.5. The summed E-state index contributed by atoms with van der Waals surface area (Å²) in [5.41, 5.74) is 0.279. The molecule has 0 saturated carbocycles. The number of alkyl halides is 1. The van der Waals surface area contributed by atoms with E-state index in [2.05, 4.69) is 4.98 Å². The van der Waals surface area contributed by atoms with E-state index in [0.717, 1.165) is 0 Å². The molecular weight excluding hydrogens is 193 g/mol. The first-order chi connectivity index (χ1) is 7.36. The number of benzene rings is 1. The van der Waals surface area contributed by atoms with Gasteiger partial charge in [0.1, 0.15) is 11.4 Å². The Kier molecular flexibility index (Phi) is 2.93. The molecule has 0 aliphatic carbocycles. The first kappa shape index (κ1) is 9.65. The number of para-hydroxylation sites is 1. The molecule has 0 spiro atoms. The molecule has 2 aromatic rings. The molecule has 76 valence electrons. The molecule has 0 aliphatic heterocycles. The number of aromatic nitrogens is 1. The normalized spacial score (nSPS) is 12.1. The van der Waals surface area contributed by atoms with Crippen molar-refractivity contribution in [3.63, 3.8) is 0 Å². The SMILES string of the molecule is FC(Oc1ccccc1)c1ccccn1. The summed E-state index contributed by atoms with van der Waals surface area (Å²) in [6.07, 6.45) is 0.0181. The van der Waals surface area contributed by atoms with Gasteiger partial charge < -0.3 is 4.74 Å². The van der Waals surface area contributed by atoms with Gasteiger partial charge in [-0.3, -0.25) is 4.98 Å². The predicted octanol–water partition coefficient (Wildman–Crippen LogP) is 3.13. The highest BCUT2D eigenvalue weighted by Gasteiger charge is 2.11. The second-order valence-corrected chi connectivity index (χ2v) is 3.00. The van der Waals surface area contributed by atoms with Crippen LogP contribution in [0.4, 0.5) is 4.39 Å². The summed E-state index contributed by atoms with van der Waals surface area (Å²) in [7, 11) is 0. The first-order valence-corrected chi connectivity index (χ1v) is 4.63. The van der Waals surface area contributed by atoms with Crippen LogP contribution in [0.1, 0.15) is 12.1 Å². The number of ether oxygens (including phenoxy) is 1. The Balaban J connectivity index is 2.08. The van der Waals surface area contributed by atoms with Gasteiger partial charge in [-0.2, -0.15) is 4.39 Å². The number of hydrogen-bond acceptors (Lipinski definition) is 2. The van der Waals surface area contributed by atoms with Crippen LogP contribution < -0.4 is 4.74 Å². The lowest BCUT2D eigenvalue weighted by atomic mass is 10.3. The lowest BCUT2D eigenvalue weighted by molar-refractivity contribution is 0.0631. The smallest absolute Gasteiger partial charge is 0.280 e. The monoisotopic (exact) mass is 203 g/mol. The maximum atomic E-state index is 13.5. The van der Waals surface area contributed by atoms with Crippen LogP contribution in [0.2, 0.25) is 0 Å². The van der Waals surface area contributed by atoms with Crippen molar-refractivity contribution >= 4 is 0 Å². The van der Waals surface area contributed by atoms with Gasteiger partial charge in [-0.25, -0.2) is 0 Å². The molecule has 0 N–H and O–H groups in total. The standard InChI is InChI=1S/C12H10FNO/c13-12(11-8-4-5-9-14-11)15-10-6-2-1-3-7-10/h1-9,12H. The Morgan fingerprint density at radius 1 is 1.00 bits per heavy atom. The Bertz CT molecular complexity index is 404. The quantitative estimate of drug-likeness (QED) is 0.764. The Morgan fingerprint density at radius 3 is 2.40 bits per heavy atom. The van der Waals surface area contributed by atoms with E-state index in [1.54, 1.807) is 42.5 Å². The number of rotatable bonds is 3. The Labute approximate surface area is 87.4 Å². The maximum Gasteiger partial charge on any atom is 0.280 e. The fraction of sp³-hybridized carbons (Fsp3) is 0.0833. The summed E-state index contributed by atoms with van der Waals surface area (Å²) in [6, 6.07) is 13.9. The largest absolute Gasteiger partial charge is 0.454 e. The van der Waals surface area contributed by atoms with Gasteiger partial charge in [-0.1, -0.05) is 24.3 Å². The lowest BCUT2D eigenvalue weighted by Gasteiger charge is -2.10. The zero-order valence-electron chi connectivity index (χ0n) is 8.01. The highest BCUT2D eigenvalue weighted by atomic mass is 19.1. The van der Waals surface area contributed by atoms with Crippen molar-refractivity contribution in [2.75, 3.05) is 0 Å². The van der Waals surface area contributed by atoms with E-state index in [1.165, 1.54) is 6.20 Å². The van der Waals surface area contributed by atoms with Crippen molar-refractivity contribution in [2.45, 2.75) is 6.36 Å². The summed E-state index contributed by atoms with van der Waals surface area (Å²) < 4.78 is 18.6. The van der Waals surface area contributed by atoms with Gasteiger partial charge in [0.15, 0.2) is 0 Å². The van der Waals surface area contributed by atoms with Crippen molar-refractivity contribution < 1.29 is 9.13 Å². The van der Waals surface area contributed by atoms with Crippen LogP contribution >= 0.6 is 0 Å². The molecule has 2 nitrogen and oxygen atoms in total. The molecule has 15 heavy (non-hydrogen) atoms. The van der Waals surface area contributed by atoms with E-state index >= 15 is 0 Å². The van der Waals surface area contributed by atoms with Crippen LogP contribution in [0.3, 0.4) is 0 Å². The van der Waals surface area contributed by atoms with Gasteiger partial charge in [0.25, 0.3) is 6.36 Å². The number of hydrogen-bond donors (Lipinski definition) is 0. The van der Waals surface area contributed by atoms with E-state index in [9.17, 15) is 4.39 Å². The van der Waals surface area contributed by atoms with Crippen molar-refractivity contribution in [3.8, 4) is 5.75 Å². The molecule has 2 rings (SSSR count). The number of pyridine rings is 1. The van der Waals surface area contributed by atoms with E-state index < -0.39 is 6.36 Å². The van der Waals surface area contributed by atoms with Gasteiger partial charge in [0, 0.05) is 6.20 Å². The molecule has 3 heteroatoms. The first-order valence-electron chi connectivity index (χ1n) is 4.63. The minimum Gasteiger partial charge on any atom is -0.454 e. The predicted molar refractivity (Wildman–Crippen MR) is 55.2 cm³/mol. The fourth-order valence-corrected chi connectivity index (χ4v) is 1.19. The molecule has 0 radical (unpaired) electrons. The summed E-state index contributed by atoms with van der Waals surface area (Å²) in [4.78, 5) is 3.87. The van der Waals surface area contributed by atoms with Crippen molar-refractivity contribution in [1.82, 2.24) is 4.98 Å². The average molecular weight is 203 g/mol. The summed E-state index contributed by atoms with van der Waals surface area (Å²) in [6.45, 7) is 0. The second kappa shape index (κ2) is 4.55. The minimum absolute atomic E-state index is 0.279. The van der Waals surface area contributed by atoms with E-state index in [-0.39, 0.29) is 5.69 Å². The molecule has 1 aromatic carbocycles. The second-order valence-electron chi connectivity index (χ2n) is 3.00. The molecule has 0 amide bonds. The van der Waals surface area contributed by atoms with Crippen LogP contribution in [0.25, 0.3) is 0 Å². The number of nitrogens with zero attached hydrogens (tertiary/aromatic N) is 1. The van der Waals surface area contributed by atoms with E-state index in [4.69, 9.17) is 4.74 Å². The topological polar surface area (TPSA) is 22.1 Å². The van der Waals surface area contributed by atoms with Crippen molar-refractivity contribution in [3.05, 3.63) is 60.4 Å². The molecule has 0 bridgehead atoms. The zero-order valence-corrected chi connectivity index (χ0v) is 8.01. The van der Waals surface area contributed by atoms with Crippen LogP contribution in [0, 0.1) is 0 Å². The third-order valence-corrected chi connectivity index (χ3v) is 1.90. The molecule has 1 unspecified atom stereocenters. The number of halogens is 1. The molecule has 0 saturated heterocycles. The van der Waals surface area contributed by atoms with E-state index in [1.807, 2.05) is 6.07 Å². The third kappa shape index (κ3) is 2.53. The summed E-state index contributed by atoms with van der Waals surface area (Å²) in [5, 5.41) is 0.